The van der Waals surface area contributed by atoms with E-state index >= 15 is 0 Å². The molecule has 0 saturated heterocycles. The van der Waals surface area contributed by atoms with Gasteiger partial charge in [-0.2, -0.15) is 18.3 Å². The van der Waals surface area contributed by atoms with E-state index in [0.717, 1.165) is 42.5 Å². The molecule has 1 heterocycles. The van der Waals surface area contributed by atoms with Crippen molar-refractivity contribution < 1.29 is 46.1 Å². The number of hydrogen-bond donors (Lipinski definition) is 4. The fourth-order valence-electron chi connectivity index (χ4n) is 4.84. The Morgan fingerprint density at radius 3 is 2.21 bits per heavy atom. The quantitative estimate of drug-likeness (QED) is 0.110. The number of phenolic OH excluding ortho intramolecular Hbond substituents is 1. The summed E-state index contributed by atoms with van der Waals surface area (Å²) in [5.74, 6) is -5.72. The fourth-order valence-corrected chi connectivity index (χ4v) is 4.84. The van der Waals surface area contributed by atoms with Crippen LogP contribution in [0.1, 0.15) is 32.6 Å². The number of carboxylic acid groups (broad SMARTS) is 1. The topological polar surface area (TPSA) is 111 Å². The van der Waals surface area contributed by atoms with Gasteiger partial charge in [0, 0.05) is 22.8 Å². The van der Waals surface area contributed by atoms with Crippen molar-refractivity contribution in [2.24, 2.45) is 5.10 Å². The summed E-state index contributed by atoms with van der Waals surface area (Å²) < 4.78 is 84.8. The van der Waals surface area contributed by atoms with E-state index in [1.807, 2.05) is 0 Å². The van der Waals surface area contributed by atoms with Gasteiger partial charge in [0.05, 0.1) is 16.8 Å². The lowest BCUT2D eigenvalue weighted by molar-refractivity contribution is -0.137. The highest BCUT2D eigenvalue weighted by Crippen LogP contribution is 2.45. The largest absolute Gasteiger partial charge is 0.505 e. The number of carboxylic acids is 1. The van der Waals surface area contributed by atoms with Crippen molar-refractivity contribution in [1.29, 1.82) is 0 Å². The molecule has 13 heteroatoms. The Morgan fingerprint density at radius 1 is 0.907 bits per heavy atom. The van der Waals surface area contributed by atoms with Crippen LogP contribution in [0.3, 0.4) is 0 Å². The monoisotopic (exact) mass is 599 g/mol. The summed E-state index contributed by atoms with van der Waals surface area (Å²) in [7, 11) is 0. The second kappa shape index (κ2) is 10.5. The molecule has 4 aromatic carbocycles. The molecule has 0 bridgehead atoms. The highest BCUT2D eigenvalue weighted by Gasteiger charge is 2.39. The summed E-state index contributed by atoms with van der Waals surface area (Å²) in [6.45, 7) is 2.79. The lowest BCUT2D eigenvalue weighted by atomic mass is 9.92. The first-order chi connectivity index (χ1) is 20.2. The van der Waals surface area contributed by atoms with E-state index in [4.69, 9.17) is 0 Å². The van der Waals surface area contributed by atoms with Gasteiger partial charge in [-0.15, -0.1) is 0 Å². The number of halogens is 6. The number of alkyl halides is 3. The zero-order chi connectivity index (χ0) is 31.4. The van der Waals surface area contributed by atoms with Crippen molar-refractivity contribution in [2.75, 3.05) is 10.7 Å². The molecule has 1 aliphatic heterocycles. The van der Waals surface area contributed by atoms with Gasteiger partial charge in [0.2, 0.25) is 0 Å². The van der Waals surface area contributed by atoms with Gasteiger partial charge >= 0.3 is 12.1 Å². The number of carbonyl (C=O) groups is 2. The summed E-state index contributed by atoms with van der Waals surface area (Å²) >= 11 is 0. The van der Waals surface area contributed by atoms with Crippen molar-refractivity contribution in [3.63, 3.8) is 0 Å². The number of amides is 1. The first-order valence-corrected chi connectivity index (χ1v) is 12.4. The predicted octanol–water partition coefficient (Wildman–Crippen LogP) is 7.25. The maximum atomic E-state index is 14.5. The van der Waals surface area contributed by atoms with Crippen LogP contribution in [-0.4, -0.2) is 27.8 Å². The first-order valence-electron chi connectivity index (χ1n) is 12.4. The third kappa shape index (κ3) is 5.25. The minimum atomic E-state index is -4.84. The van der Waals surface area contributed by atoms with E-state index in [9.17, 15) is 46.1 Å². The molecular weight excluding hydrogens is 580 g/mol. The van der Waals surface area contributed by atoms with Crippen LogP contribution in [-0.2, 0) is 11.0 Å². The molecule has 220 valence electrons. The van der Waals surface area contributed by atoms with Crippen molar-refractivity contribution >= 4 is 29.0 Å². The van der Waals surface area contributed by atoms with Crippen molar-refractivity contribution in [3.8, 4) is 28.0 Å². The summed E-state index contributed by atoms with van der Waals surface area (Å²) in [6, 6.07) is 8.73. The van der Waals surface area contributed by atoms with E-state index < -0.39 is 63.7 Å². The Bertz CT molecular complexity index is 1860. The zero-order valence-corrected chi connectivity index (χ0v) is 22.1. The Hall–Kier alpha value is -5.33. The van der Waals surface area contributed by atoms with Crippen LogP contribution in [0.15, 0.2) is 59.7 Å². The first kappa shape index (κ1) is 29.2. The Kier molecular flexibility index (Phi) is 7.12. The number of carbonyl (C=O) groups excluding carboxylic acids is 1. The SMILES string of the molecule is Cc1cc(-c2c(C(F)(F)F)ccc3c2NC(=O)C3=NNc2cc(F)cc(-c3ccc(F)c(C(=O)O)c3)c2O)cc(C)c1F. The molecule has 4 aromatic rings. The minimum absolute atomic E-state index is 0.00234. The Labute approximate surface area is 239 Å². The van der Waals surface area contributed by atoms with Crippen molar-refractivity contribution in [1.82, 2.24) is 0 Å². The third-order valence-electron chi connectivity index (χ3n) is 6.82. The summed E-state index contributed by atoms with van der Waals surface area (Å²) in [5, 5.41) is 26.3. The molecule has 0 aromatic heterocycles. The number of nitrogens with one attached hydrogen (secondary N) is 2. The van der Waals surface area contributed by atoms with Crippen LogP contribution < -0.4 is 10.7 Å². The predicted molar refractivity (Wildman–Crippen MR) is 146 cm³/mol. The van der Waals surface area contributed by atoms with Gasteiger partial charge in [0.15, 0.2) is 5.71 Å². The zero-order valence-electron chi connectivity index (χ0n) is 22.1. The number of nitrogens with zero attached hydrogens (tertiary/aromatic N) is 1. The molecule has 0 saturated carbocycles. The van der Waals surface area contributed by atoms with Gasteiger partial charge in [-0.1, -0.05) is 6.07 Å². The molecule has 0 spiro atoms. The molecule has 5 rings (SSSR count). The average Bonchev–Trinajstić information content (AvgIpc) is 3.25. The second-order valence-corrected chi connectivity index (χ2v) is 9.71. The van der Waals surface area contributed by atoms with Crippen LogP contribution in [0.5, 0.6) is 5.75 Å². The fraction of sp³-hybridized carbons (Fsp3) is 0.100. The highest BCUT2D eigenvalue weighted by atomic mass is 19.4. The summed E-state index contributed by atoms with van der Waals surface area (Å²) in [4.78, 5) is 24.2. The highest BCUT2D eigenvalue weighted by molar-refractivity contribution is 6.54. The summed E-state index contributed by atoms with van der Waals surface area (Å²) in [6.07, 6.45) is -4.84. The maximum Gasteiger partial charge on any atom is 0.417 e. The molecule has 0 atom stereocenters. The number of benzene rings is 4. The lowest BCUT2D eigenvalue weighted by Crippen LogP contribution is -2.16. The van der Waals surface area contributed by atoms with E-state index in [-0.39, 0.29) is 44.8 Å². The number of aryl methyl sites for hydroxylation is 2. The van der Waals surface area contributed by atoms with Gasteiger partial charge in [-0.05, 0) is 78.6 Å². The normalized spacial score (nSPS) is 13.7. The molecule has 0 unspecified atom stereocenters. The number of hydrazone groups is 1. The van der Waals surface area contributed by atoms with Crippen LogP contribution in [0.2, 0.25) is 0 Å². The molecule has 7 nitrogen and oxygen atoms in total. The van der Waals surface area contributed by atoms with Gasteiger partial charge in [0.1, 0.15) is 28.9 Å². The number of anilines is 2. The van der Waals surface area contributed by atoms with Crippen molar-refractivity contribution in [3.05, 3.63) is 99.9 Å². The van der Waals surface area contributed by atoms with Crippen LogP contribution in [0.4, 0.5) is 37.7 Å². The van der Waals surface area contributed by atoms with Gasteiger partial charge in [-0.25, -0.2) is 18.0 Å². The van der Waals surface area contributed by atoms with E-state index in [2.05, 4.69) is 15.8 Å². The number of aromatic hydroxyl groups is 1. The lowest BCUT2D eigenvalue weighted by Gasteiger charge is -2.18. The molecule has 1 amide bonds. The van der Waals surface area contributed by atoms with Crippen LogP contribution in [0.25, 0.3) is 22.3 Å². The number of rotatable bonds is 5. The number of phenols is 1. The smallest absolute Gasteiger partial charge is 0.417 e. The minimum Gasteiger partial charge on any atom is -0.505 e. The molecule has 0 fully saturated rings. The molecule has 0 radical (unpaired) electrons. The molecule has 43 heavy (non-hydrogen) atoms. The Balaban J connectivity index is 1.60. The van der Waals surface area contributed by atoms with Crippen LogP contribution >= 0.6 is 0 Å². The molecule has 0 aliphatic carbocycles. The number of fused-ring (bicyclic) bond motifs is 1. The molecule has 1 aliphatic rings. The van der Waals surface area contributed by atoms with Crippen molar-refractivity contribution in [2.45, 2.75) is 20.0 Å². The van der Waals surface area contributed by atoms with E-state index in [1.54, 1.807) is 0 Å². The van der Waals surface area contributed by atoms with E-state index in [1.165, 1.54) is 26.0 Å². The van der Waals surface area contributed by atoms with Crippen LogP contribution in [0, 0.1) is 31.3 Å². The second-order valence-electron chi connectivity index (χ2n) is 9.71. The van der Waals surface area contributed by atoms with E-state index in [0.29, 0.717) is 0 Å². The Morgan fingerprint density at radius 2 is 1.58 bits per heavy atom. The standard InChI is InChI=1S/C30H19F6N3O4/c1-12-7-15(8-13(2)24(12)33)23-20(30(34,35)36)5-4-17-25(23)37-28(41)26(17)39-38-22-11-16(31)10-18(27(22)40)14-3-6-21(32)19(9-14)29(42)43/h3-11,38,40H,1-2H3,(H,42,43)(H,37,39,41). The molecular formula is C30H19F6N3O4. The average molecular weight is 599 g/mol. The van der Waals surface area contributed by atoms with Gasteiger partial charge < -0.3 is 15.5 Å². The summed E-state index contributed by atoms with van der Waals surface area (Å²) in [5.41, 5.74) is -1.06. The number of hydrogen-bond acceptors (Lipinski definition) is 5. The number of aromatic carboxylic acids is 1. The molecule has 4 N–H and O–H groups in total. The van der Waals surface area contributed by atoms with Gasteiger partial charge in [-0.3, -0.25) is 10.2 Å². The third-order valence-corrected chi connectivity index (χ3v) is 6.82. The van der Waals surface area contributed by atoms with Gasteiger partial charge in [0.25, 0.3) is 5.91 Å². The maximum absolute atomic E-state index is 14.5.